The average Bonchev–Trinajstić information content (AvgIpc) is 2.23. The second-order valence-corrected chi connectivity index (χ2v) is 3.89. The summed E-state index contributed by atoms with van der Waals surface area (Å²) in [5, 5.41) is 0. The highest BCUT2D eigenvalue weighted by molar-refractivity contribution is 6.21. The minimum atomic E-state index is 0.286. The second-order valence-electron chi connectivity index (χ2n) is 3.89. The van der Waals surface area contributed by atoms with Gasteiger partial charge >= 0.3 is 0 Å². The number of carbonyl (C=O) groups is 1. The summed E-state index contributed by atoms with van der Waals surface area (Å²) >= 11 is 0. The Morgan fingerprint density at radius 1 is 1.21 bits per heavy atom. The molecule has 14 heavy (non-hydrogen) atoms. The third kappa shape index (κ3) is 1.77. The predicted octanol–water partition coefficient (Wildman–Crippen LogP) is 3.07. The highest BCUT2D eigenvalue weighted by Gasteiger charge is 2.18. The Balaban J connectivity index is 2.38. The van der Waals surface area contributed by atoms with E-state index in [1.807, 2.05) is 30.3 Å². The van der Waals surface area contributed by atoms with Crippen molar-refractivity contribution in [2.75, 3.05) is 0 Å². The van der Waals surface area contributed by atoms with Crippen molar-refractivity contribution in [2.45, 2.75) is 19.8 Å². The Morgan fingerprint density at radius 2 is 1.93 bits per heavy atom. The molecule has 1 aromatic carbocycles. The maximum absolute atomic E-state index is 11.7. The van der Waals surface area contributed by atoms with Gasteiger partial charge in [-0.2, -0.15) is 0 Å². The van der Waals surface area contributed by atoms with E-state index in [1.54, 1.807) is 0 Å². The van der Waals surface area contributed by atoms with Gasteiger partial charge in [-0.25, -0.2) is 0 Å². The van der Waals surface area contributed by atoms with E-state index < -0.39 is 0 Å². The van der Waals surface area contributed by atoms with Gasteiger partial charge in [-0.05, 0) is 17.9 Å². The van der Waals surface area contributed by atoms with Crippen LogP contribution in [0.25, 0.3) is 5.57 Å². The zero-order valence-corrected chi connectivity index (χ0v) is 8.36. The molecule has 0 amide bonds. The van der Waals surface area contributed by atoms with Crippen LogP contribution in [0.2, 0.25) is 0 Å². The highest BCUT2D eigenvalue weighted by atomic mass is 16.1. The molecule has 0 bridgehead atoms. The highest BCUT2D eigenvalue weighted by Crippen LogP contribution is 2.26. The van der Waals surface area contributed by atoms with Crippen LogP contribution >= 0.6 is 0 Å². The minimum Gasteiger partial charge on any atom is -0.294 e. The van der Waals surface area contributed by atoms with Crippen LogP contribution in [0, 0.1) is 5.92 Å². The molecule has 0 saturated carbocycles. The smallest absolute Gasteiger partial charge is 0.163 e. The number of carbonyl (C=O) groups excluding carboxylic acids is 1. The first kappa shape index (κ1) is 9.20. The summed E-state index contributed by atoms with van der Waals surface area (Å²) in [5.41, 5.74) is 1.97. The van der Waals surface area contributed by atoms with Gasteiger partial charge in [0.25, 0.3) is 0 Å². The summed E-state index contributed by atoms with van der Waals surface area (Å²) in [6.45, 7) is 2.16. The van der Waals surface area contributed by atoms with E-state index in [1.165, 1.54) is 0 Å². The van der Waals surface area contributed by atoms with Crippen molar-refractivity contribution in [3.05, 3.63) is 42.0 Å². The summed E-state index contributed by atoms with van der Waals surface area (Å²) in [7, 11) is 0. The van der Waals surface area contributed by atoms with Gasteiger partial charge in [0.05, 0.1) is 0 Å². The molecule has 0 aliphatic heterocycles. The Morgan fingerprint density at radius 3 is 2.64 bits per heavy atom. The molecular weight excluding hydrogens is 172 g/mol. The molecule has 0 N–H and O–H groups in total. The third-order valence-corrected chi connectivity index (χ3v) is 2.66. The average molecular weight is 186 g/mol. The largest absolute Gasteiger partial charge is 0.294 e. The van der Waals surface area contributed by atoms with E-state index in [-0.39, 0.29) is 5.78 Å². The Bertz CT molecular complexity index is 362. The van der Waals surface area contributed by atoms with Crippen LogP contribution in [-0.2, 0) is 4.79 Å². The van der Waals surface area contributed by atoms with E-state index in [4.69, 9.17) is 0 Å². The summed E-state index contributed by atoms with van der Waals surface area (Å²) in [5.74, 6) is 0.817. The van der Waals surface area contributed by atoms with Crippen LogP contribution in [0.15, 0.2) is 36.4 Å². The lowest BCUT2D eigenvalue weighted by Crippen LogP contribution is -2.10. The molecule has 1 heteroatoms. The fourth-order valence-corrected chi connectivity index (χ4v) is 1.83. The minimum absolute atomic E-state index is 0.286. The van der Waals surface area contributed by atoms with E-state index in [0.717, 1.165) is 17.6 Å². The first-order valence-electron chi connectivity index (χ1n) is 5.08. The monoisotopic (exact) mass is 186 g/mol. The van der Waals surface area contributed by atoms with Gasteiger partial charge in [0.2, 0.25) is 0 Å². The van der Waals surface area contributed by atoms with Crippen molar-refractivity contribution in [1.82, 2.24) is 0 Å². The van der Waals surface area contributed by atoms with Crippen LogP contribution in [0.4, 0.5) is 0 Å². The van der Waals surface area contributed by atoms with Crippen LogP contribution in [0.3, 0.4) is 0 Å². The number of hydrogen-bond donors (Lipinski definition) is 0. The fourth-order valence-electron chi connectivity index (χ4n) is 1.83. The molecule has 0 fully saturated rings. The predicted molar refractivity (Wildman–Crippen MR) is 57.8 cm³/mol. The maximum Gasteiger partial charge on any atom is 0.163 e. The molecule has 1 aliphatic rings. The number of allylic oxidation sites excluding steroid dienone is 2. The van der Waals surface area contributed by atoms with Crippen molar-refractivity contribution >= 4 is 11.4 Å². The van der Waals surface area contributed by atoms with Crippen LogP contribution in [0.5, 0.6) is 0 Å². The molecule has 2 rings (SSSR count). The van der Waals surface area contributed by atoms with E-state index in [0.29, 0.717) is 12.3 Å². The Hall–Kier alpha value is -1.37. The lowest BCUT2D eigenvalue weighted by molar-refractivity contribution is -0.114. The van der Waals surface area contributed by atoms with Crippen LogP contribution < -0.4 is 0 Å². The number of hydrogen-bond acceptors (Lipinski definition) is 1. The van der Waals surface area contributed by atoms with Crippen molar-refractivity contribution in [3.8, 4) is 0 Å². The zero-order chi connectivity index (χ0) is 9.97. The standard InChI is InChI=1S/C13H14O/c1-10-7-8-13(14)12(9-10)11-5-3-2-4-6-11/h2-6,9-10H,7-8H2,1H3. The van der Waals surface area contributed by atoms with E-state index >= 15 is 0 Å². The number of rotatable bonds is 1. The molecule has 0 saturated heterocycles. The van der Waals surface area contributed by atoms with Crippen molar-refractivity contribution < 1.29 is 4.79 Å². The maximum atomic E-state index is 11.7. The van der Waals surface area contributed by atoms with Gasteiger partial charge in [0, 0.05) is 12.0 Å². The molecular formula is C13H14O. The lowest BCUT2D eigenvalue weighted by atomic mass is 9.87. The zero-order valence-electron chi connectivity index (χ0n) is 8.36. The first-order valence-corrected chi connectivity index (χ1v) is 5.08. The first-order chi connectivity index (χ1) is 6.77. The molecule has 1 aliphatic carbocycles. The van der Waals surface area contributed by atoms with Gasteiger partial charge < -0.3 is 0 Å². The van der Waals surface area contributed by atoms with Gasteiger partial charge in [-0.3, -0.25) is 4.79 Å². The summed E-state index contributed by atoms with van der Waals surface area (Å²) in [6.07, 6.45) is 3.79. The normalized spacial score (nSPS) is 21.9. The molecule has 1 unspecified atom stereocenters. The van der Waals surface area contributed by atoms with Crippen molar-refractivity contribution in [2.24, 2.45) is 5.92 Å². The fraction of sp³-hybridized carbons (Fsp3) is 0.308. The summed E-state index contributed by atoms with van der Waals surface area (Å²) in [6, 6.07) is 9.93. The Labute approximate surface area is 84.5 Å². The summed E-state index contributed by atoms with van der Waals surface area (Å²) < 4.78 is 0. The molecule has 1 atom stereocenters. The molecule has 0 spiro atoms. The van der Waals surface area contributed by atoms with Crippen molar-refractivity contribution in [1.29, 1.82) is 0 Å². The summed E-state index contributed by atoms with van der Waals surface area (Å²) in [4.78, 5) is 11.7. The molecule has 72 valence electrons. The van der Waals surface area contributed by atoms with Gasteiger partial charge in [-0.1, -0.05) is 43.3 Å². The quantitative estimate of drug-likeness (QED) is 0.658. The molecule has 1 nitrogen and oxygen atoms in total. The van der Waals surface area contributed by atoms with Crippen molar-refractivity contribution in [3.63, 3.8) is 0 Å². The van der Waals surface area contributed by atoms with E-state index in [9.17, 15) is 4.79 Å². The van der Waals surface area contributed by atoms with Crippen LogP contribution in [-0.4, -0.2) is 5.78 Å². The molecule has 0 radical (unpaired) electrons. The number of ketones is 1. The molecule has 0 aromatic heterocycles. The Kier molecular flexibility index (Phi) is 2.49. The van der Waals surface area contributed by atoms with Gasteiger partial charge in [0.1, 0.15) is 0 Å². The van der Waals surface area contributed by atoms with Crippen LogP contribution in [0.1, 0.15) is 25.3 Å². The topological polar surface area (TPSA) is 17.1 Å². The number of benzene rings is 1. The van der Waals surface area contributed by atoms with Gasteiger partial charge in [0.15, 0.2) is 5.78 Å². The van der Waals surface area contributed by atoms with Gasteiger partial charge in [-0.15, -0.1) is 0 Å². The number of Topliss-reactive ketones (excluding diaryl/α,β-unsaturated/α-hetero) is 1. The lowest BCUT2D eigenvalue weighted by Gasteiger charge is -2.16. The third-order valence-electron chi connectivity index (χ3n) is 2.66. The molecule has 0 heterocycles. The van der Waals surface area contributed by atoms with E-state index in [2.05, 4.69) is 13.0 Å². The SMILES string of the molecule is CC1C=C(c2ccccc2)C(=O)CC1. The molecule has 1 aromatic rings. The second kappa shape index (κ2) is 3.79.